The number of hydrogen-bond donors (Lipinski definition) is 1. The first-order valence-electron chi connectivity index (χ1n) is 6.37. The average Bonchev–Trinajstić information content (AvgIpc) is 2.82. The van der Waals surface area contributed by atoms with Crippen LogP contribution in [0.3, 0.4) is 0 Å². The van der Waals surface area contributed by atoms with Crippen LogP contribution in [0.25, 0.3) is 10.8 Å². The van der Waals surface area contributed by atoms with E-state index in [1.54, 1.807) is 24.3 Å². The second-order valence-electron chi connectivity index (χ2n) is 4.62. The molecule has 2 aromatic carbocycles. The summed E-state index contributed by atoms with van der Waals surface area (Å²) in [6.07, 6.45) is -3.00. The highest BCUT2D eigenvalue weighted by Gasteiger charge is 2.29. The smallest absolute Gasteiger partial charge is 0.416 e. The topological polar surface area (TPSA) is 45.7 Å². The second kappa shape index (κ2) is 5.22. The predicted molar refractivity (Wildman–Crippen MR) is 76.6 cm³/mol. The molecule has 1 N–H and O–H groups in total. The van der Waals surface area contributed by atoms with E-state index in [-0.39, 0.29) is 5.95 Å². The lowest BCUT2D eigenvalue weighted by Gasteiger charge is -2.05. The van der Waals surface area contributed by atoms with E-state index in [4.69, 9.17) is 4.42 Å². The zero-order valence-electron chi connectivity index (χ0n) is 11.1. The van der Waals surface area contributed by atoms with Gasteiger partial charge in [0.1, 0.15) is 0 Å². The zero-order valence-corrected chi connectivity index (χ0v) is 11.1. The van der Waals surface area contributed by atoms with Gasteiger partial charge in [0.05, 0.1) is 22.9 Å². The van der Waals surface area contributed by atoms with E-state index in [0.717, 1.165) is 12.1 Å². The number of furan rings is 1. The van der Waals surface area contributed by atoms with Gasteiger partial charge in [-0.2, -0.15) is 13.2 Å². The number of rotatable bonds is 2. The van der Waals surface area contributed by atoms with Crippen molar-refractivity contribution in [1.82, 2.24) is 0 Å². The molecule has 0 aliphatic rings. The molecule has 0 aliphatic carbocycles. The van der Waals surface area contributed by atoms with Gasteiger partial charge in [0.15, 0.2) is 5.76 Å². The van der Waals surface area contributed by atoms with E-state index in [2.05, 4.69) is 4.99 Å². The zero-order chi connectivity index (χ0) is 15.7. The minimum atomic E-state index is -4.37. The molecule has 0 radical (unpaired) electrons. The highest BCUT2D eigenvalue weighted by molar-refractivity contribution is 6.00. The molecule has 0 spiro atoms. The highest BCUT2D eigenvalue weighted by Crippen LogP contribution is 2.31. The molecule has 0 saturated heterocycles. The first-order valence-corrected chi connectivity index (χ1v) is 6.37. The van der Waals surface area contributed by atoms with Crippen molar-refractivity contribution in [2.75, 3.05) is 0 Å². The highest BCUT2D eigenvalue weighted by atomic mass is 19.4. The summed E-state index contributed by atoms with van der Waals surface area (Å²) in [6.45, 7) is 0. The molecule has 0 unspecified atom stereocenters. The summed E-state index contributed by atoms with van der Waals surface area (Å²) in [5, 5.41) is 10.9. The lowest BCUT2D eigenvalue weighted by molar-refractivity contribution is -0.137. The minimum absolute atomic E-state index is 0.218. The quantitative estimate of drug-likeness (QED) is 0.684. The average molecular weight is 305 g/mol. The largest absolute Gasteiger partial charge is 0.480 e. The third-order valence-electron chi connectivity index (χ3n) is 3.16. The third-order valence-corrected chi connectivity index (χ3v) is 3.16. The van der Waals surface area contributed by atoms with E-state index < -0.39 is 11.7 Å². The van der Waals surface area contributed by atoms with Crippen molar-refractivity contribution in [3.63, 3.8) is 0 Å². The maximum Gasteiger partial charge on any atom is 0.416 e. The summed E-state index contributed by atoms with van der Waals surface area (Å²) in [5.41, 5.74) is -0.375. The summed E-state index contributed by atoms with van der Waals surface area (Å²) in [4.78, 5) is 4.07. The Bertz CT molecular complexity index is 833. The predicted octanol–water partition coefficient (Wildman–Crippen LogP) is 4.91. The normalized spacial score (nSPS) is 12.3. The van der Waals surface area contributed by atoms with Gasteiger partial charge < -0.3 is 9.52 Å². The molecule has 0 amide bonds. The lowest BCUT2D eigenvalue weighted by Crippen LogP contribution is -2.03. The van der Waals surface area contributed by atoms with Gasteiger partial charge in [-0.15, -0.1) is 0 Å². The molecular weight excluding hydrogens is 295 g/mol. The standard InChI is InChI=1S/C16H10F3NO2/c17-16(18,19)10-5-7-11(8-6-10)20-9-14-12-3-1-2-4-13(12)15(21)22-14/h1-9,21H. The summed E-state index contributed by atoms with van der Waals surface area (Å²) < 4.78 is 42.6. The maximum absolute atomic E-state index is 12.5. The van der Waals surface area contributed by atoms with E-state index in [1.165, 1.54) is 18.3 Å². The summed E-state index contributed by atoms with van der Waals surface area (Å²) in [5.74, 6) is 0.123. The van der Waals surface area contributed by atoms with Crippen LogP contribution in [0.1, 0.15) is 11.3 Å². The molecule has 3 nitrogen and oxygen atoms in total. The number of fused-ring (bicyclic) bond motifs is 1. The van der Waals surface area contributed by atoms with Crippen LogP contribution in [0.2, 0.25) is 0 Å². The Morgan fingerprint density at radius 3 is 2.23 bits per heavy atom. The molecule has 112 valence electrons. The third kappa shape index (κ3) is 2.67. The van der Waals surface area contributed by atoms with Gasteiger partial charge in [0, 0.05) is 5.39 Å². The molecular formula is C16H10F3NO2. The van der Waals surface area contributed by atoms with Gasteiger partial charge in [-0.05, 0) is 30.3 Å². The van der Waals surface area contributed by atoms with E-state index in [1.807, 2.05) is 0 Å². The Labute approximate surface area is 123 Å². The van der Waals surface area contributed by atoms with Gasteiger partial charge >= 0.3 is 6.18 Å². The van der Waals surface area contributed by atoms with Gasteiger partial charge in [0.25, 0.3) is 5.95 Å². The van der Waals surface area contributed by atoms with Crippen LogP contribution >= 0.6 is 0 Å². The van der Waals surface area contributed by atoms with Crippen molar-refractivity contribution in [1.29, 1.82) is 0 Å². The van der Waals surface area contributed by atoms with Gasteiger partial charge in [-0.25, -0.2) is 0 Å². The summed E-state index contributed by atoms with van der Waals surface area (Å²) >= 11 is 0. The molecule has 0 fully saturated rings. The number of alkyl halides is 3. The van der Waals surface area contributed by atoms with Crippen LogP contribution in [0.5, 0.6) is 5.95 Å². The molecule has 0 bridgehead atoms. The Hall–Kier alpha value is -2.76. The number of halogens is 3. The summed E-state index contributed by atoms with van der Waals surface area (Å²) in [7, 11) is 0. The van der Waals surface area contributed by atoms with Crippen molar-refractivity contribution < 1.29 is 22.7 Å². The number of hydrogen-bond acceptors (Lipinski definition) is 3. The fourth-order valence-electron chi connectivity index (χ4n) is 2.06. The van der Waals surface area contributed by atoms with Crippen molar-refractivity contribution in [3.8, 4) is 5.95 Å². The van der Waals surface area contributed by atoms with E-state index in [9.17, 15) is 18.3 Å². The molecule has 3 rings (SSSR count). The number of aromatic hydroxyl groups is 1. The molecule has 3 aromatic rings. The van der Waals surface area contributed by atoms with Crippen LogP contribution in [0.4, 0.5) is 18.9 Å². The van der Waals surface area contributed by atoms with Crippen molar-refractivity contribution in [2.24, 2.45) is 4.99 Å². The molecule has 6 heteroatoms. The lowest BCUT2D eigenvalue weighted by atomic mass is 10.2. The van der Waals surface area contributed by atoms with Crippen molar-refractivity contribution >= 4 is 22.7 Å². The maximum atomic E-state index is 12.5. The first-order chi connectivity index (χ1) is 10.4. The monoisotopic (exact) mass is 305 g/mol. The van der Waals surface area contributed by atoms with Crippen molar-refractivity contribution in [3.05, 3.63) is 59.9 Å². The Kier molecular flexibility index (Phi) is 3.36. The van der Waals surface area contributed by atoms with Gasteiger partial charge in [-0.1, -0.05) is 18.2 Å². The first kappa shape index (κ1) is 14.2. The minimum Gasteiger partial charge on any atom is -0.480 e. The van der Waals surface area contributed by atoms with E-state index >= 15 is 0 Å². The molecule has 0 atom stereocenters. The Morgan fingerprint density at radius 2 is 1.59 bits per heavy atom. The number of nitrogens with zero attached hydrogens (tertiary/aromatic N) is 1. The van der Waals surface area contributed by atoms with Crippen LogP contribution in [0.15, 0.2) is 57.9 Å². The SMILES string of the molecule is Oc1oc(C=Nc2ccc(C(F)(F)F)cc2)c2ccccc12. The Balaban J connectivity index is 1.90. The molecule has 1 aromatic heterocycles. The fourth-order valence-corrected chi connectivity index (χ4v) is 2.06. The van der Waals surface area contributed by atoms with E-state index in [0.29, 0.717) is 22.2 Å². The van der Waals surface area contributed by atoms with Gasteiger partial charge in [0.2, 0.25) is 0 Å². The Morgan fingerprint density at radius 1 is 0.955 bits per heavy atom. The second-order valence-corrected chi connectivity index (χ2v) is 4.62. The molecule has 0 aliphatic heterocycles. The van der Waals surface area contributed by atoms with Gasteiger partial charge in [-0.3, -0.25) is 4.99 Å². The summed E-state index contributed by atoms with van der Waals surface area (Å²) in [6, 6.07) is 11.5. The van der Waals surface area contributed by atoms with Crippen LogP contribution in [0, 0.1) is 0 Å². The fraction of sp³-hybridized carbons (Fsp3) is 0.0625. The van der Waals surface area contributed by atoms with Crippen LogP contribution in [-0.4, -0.2) is 11.3 Å². The number of benzene rings is 2. The molecule has 0 saturated carbocycles. The molecule has 1 heterocycles. The van der Waals surface area contributed by atoms with Crippen molar-refractivity contribution in [2.45, 2.75) is 6.18 Å². The van der Waals surface area contributed by atoms with Crippen LogP contribution < -0.4 is 0 Å². The molecule has 22 heavy (non-hydrogen) atoms. The number of aliphatic imine (C=N–C) groups is 1. The van der Waals surface area contributed by atoms with Crippen LogP contribution in [-0.2, 0) is 6.18 Å².